The van der Waals surface area contributed by atoms with Crippen molar-refractivity contribution in [3.05, 3.63) is 11.8 Å². The van der Waals surface area contributed by atoms with Gasteiger partial charge in [-0.3, -0.25) is 0 Å². The summed E-state index contributed by atoms with van der Waals surface area (Å²) in [5.74, 6) is 1.63. The number of aromatic nitrogens is 2. The van der Waals surface area contributed by atoms with E-state index < -0.39 is 0 Å². The standard InChI is InChI=1S/C14H26N4O2/c1-5-15-14-16-11-12(2)13(17-14)18(8-10-20-4)7-6-9-19-3/h11H,5-10H2,1-4H3,(H,15,16,17). The van der Waals surface area contributed by atoms with Gasteiger partial charge in [0, 0.05) is 52.2 Å². The second kappa shape index (κ2) is 9.50. The molecule has 0 aromatic carbocycles. The monoisotopic (exact) mass is 282 g/mol. The van der Waals surface area contributed by atoms with Gasteiger partial charge in [-0.1, -0.05) is 0 Å². The molecule has 0 saturated heterocycles. The molecule has 0 aliphatic heterocycles. The Morgan fingerprint density at radius 1 is 1.20 bits per heavy atom. The van der Waals surface area contributed by atoms with Crippen LogP contribution in [0.15, 0.2) is 6.20 Å². The molecule has 1 N–H and O–H groups in total. The number of aryl methyl sites for hydroxylation is 1. The molecule has 0 spiro atoms. The van der Waals surface area contributed by atoms with Crippen LogP contribution in [0, 0.1) is 6.92 Å². The lowest BCUT2D eigenvalue weighted by molar-refractivity contribution is 0.191. The van der Waals surface area contributed by atoms with E-state index in [2.05, 4.69) is 20.2 Å². The molecular formula is C14H26N4O2. The van der Waals surface area contributed by atoms with Crippen LogP contribution in [0.4, 0.5) is 11.8 Å². The number of rotatable bonds is 10. The lowest BCUT2D eigenvalue weighted by Gasteiger charge is -2.25. The molecule has 0 aliphatic carbocycles. The predicted molar refractivity (Wildman–Crippen MR) is 81.5 cm³/mol. The molecule has 0 amide bonds. The molecule has 0 unspecified atom stereocenters. The first kappa shape index (κ1) is 16.7. The Bertz CT molecular complexity index is 387. The molecule has 1 rings (SSSR count). The highest BCUT2D eigenvalue weighted by molar-refractivity contribution is 5.48. The van der Waals surface area contributed by atoms with Gasteiger partial charge in [0.2, 0.25) is 5.95 Å². The van der Waals surface area contributed by atoms with E-state index in [1.807, 2.05) is 20.0 Å². The van der Waals surface area contributed by atoms with Gasteiger partial charge in [-0.05, 0) is 20.3 Å². The van der Waals surface area contributed by atoms with Crippen molar-refractivity contribution in [1.29, 1.82) is 0 Å². The first-order chi connectivity index (χ1) is 9.72. The average Bonchev–Trinajstić information content (AvgIpc) is 2.45. The van der Waals surface area contributed by atoms with Crippen molar-refractivity contribution in [3.8, 4) is 0 Å². The van der Waals surface area contributed by atoms with Crippen LogP contribution in [-0.4, -0.2) is 57.0 Å². The third-order valence-electron chi connectivity index (χ3n) is 2.92. The zero-order chi connectivity index (χ0) is 14.8. The van der Waals surface area contributed by atoms with Crippen molar-refractivity contribution in [2.24, 2.45) is 0 Å². The Labute approximate surface area is 121 Å². The van der Waals surface area contributed by atoms with Gasteiger partial charge in [-0.25, -0.2) is 4.98 Å². The zero-order valence-corrected chi connectivity index (χ0v) is 13.0. The van der Waals surface area contributed by atoms with Crippen LogP contribution < -0.4 is 10.2 Å². The summed E-state index contributed by atoms with van der Waals surface area (Å²) in [4.78, 5) is 11.1. The van der Waals surface area contributed by atoms with Gasteiger partial charge < -0.3 is 19.7 Å². The van der Waals surface area contributed by atoms with Crippen LogP contribution in [0.3, 0.4) is 0 Å². The topological polar surface area (TPSA) is 59.5 Å². The molecule has 0 fully saturated rings. The summed E-state index contributed by atoms with van der Waals surface area (Å²) in [5, 5.41) is 3.15. The summed E-state index contributed by atoms with van der Waals surface area (Å²) >= 11 is 0. The summed E-state index contributed by atoms with van der Waals surface area (Å²) in [7, 11) is 3.43. The summed E-state index contributed by atoms with van der Waals surface area (Å²) in [6.45, 7) is 7.99. The molecule has 114 valence electrons. The third-order valence-corrected chi connectivity index (χ3v) is 2.92. The lowest BCUT2D eigenvalue weighted by Crippen LogP contribution is -2.30. The van der Waals surface area contributed by atoms with Crippen LogP contribution in [0.5, 0.6) is 0 Å². The Morgan fingerprint density at radius 2 is 1.95 bits per heavy atom. The normalized spacial score (nSPS) is 10.6. The molecule has 1 heterocycles. The van der Waals surface area contributed by atoms with Gasteiger partial charge in [0.25, 0.3) is 0 Å². The number of methoxy groups -OCH3 is 2. The summed E-state index contributed by atoms with van der Waals surface area (Å²) in [6.07, 6.45) is 2.82. The van der Waals surface area contributed by atoms with E-state index in [1.165, 1.54) is 0 Å². The highest BCUT2D eigenvalue weighted by atomic mass is 16.5. The number of nitrogens with zero attached hydrogens (tertiary/aromatic N) is 3. The van der Waals surface area contributed by atoms with Gasteiger partial charge in [-0.2, -0.15) is 4.98 Å². The van der Waals surface area contributed by atoms with Gasteiger partial charge in [0.15, 0.2) is 0 Å². The fourth-order valence-electron chi connectivity index (χ4n) is 1.92. The minimum atomic E-state index is 0.669. The largest absolute Gasteiger partial charge is 0.385 e. The summed E-state index contributed by atoms with van der Waals surface area (Å²) in [6, 6.07) is 0. The molecule has 0 bridgehead atoms. The molecule has 1 aromatic rings. The minimum absolute atomic E-state index is 0.669. The molecule has 0 aliphatic rings. The lowest BCUT2D eigenvalue weighted by atomic mass is 10.3. The Kier molecular flexibility index (Phi) is 7.91. The fourth-order valence-corrected chi connectivity index (χ4v) is 1.92. The highest BCUT2D eigenvalue weighted by Gasteiger charge is 2.12. The van der Waals surface area contributed by atoms with Crippen molar-refractivity contribution in [2.75, 3.05) is 57.3 Å². The van der Waals surface area contributed by atoms with Crippen molar-refractivity contribution in [1.82, 2.24) is 9.97 Å². The van der Waals surface area contributed by atoms with E-state index in [0.717, 1.165) is 44.0 Å². The minimum Gasteiger partial charge on any atom is -0.385 e. The number of nitrogens with one attached hydrogen (secondary N) is 1. The van der Waals surface area contributed by atoms with Crippen LogP contribution in [0.25, 0.3) is 0 Å². The number of hydrogen-bond donors (Lipinski definition) is 1. The Hall–Kier alpha value is -1.40. The van der Waals surface area contributed by atoms with Crippen LogP contribution >= 0.6 is 0 Å². The van der Waals surface area contributed by atoms with Crippen molar-refractivity contribution < 1.29 is 9.47 Å². The molecule has 6 nitrogen and oxygen atoms in total. The maximum absolute atomic E-state index is 5.19. The smallest absolute Gasteiger partial charge is 0.224 e. The van der Waals surface area contributed by atoms with Gasteiger partial charge >= 0.3 is 0 Å². The van der Waals surface area contributed by atoms with Crippen LogP contribution in [0.1, 0.15) is 18.9 Å². The van der Waals surface area contributed by atoms with Gasteiger partial charge in [0.05, 0.1) is 6.61 Å². The maximum atomic E-state index is 5.19. The fraction of sp³-hybridized carbons (Fsp3) is 0.714. The predicted octanol–water partition coefficient (Wildman–Crippen LogP) is 1.71. The third kappa shape index (κ3) is 5.30. The van der Waals surface area contributed by atoms with Crippen molar-refractivity contribution in [2.45, 2.75) is 20.3 Å². The molecule has 20 heavy (non-hydrogen) atoms. The SMILES string of the molecule is CCNc1ncc(C)c(N(CCCOC)CCOC)n1. The van der Waals surface area contributed by atoms with Gasteiger partial charge in [0.1, 0.15) is 5.82 Å². The van der Waals surface area contributed by atoms with Crippen molar-refractivity contribution >= 4 is 11.8 Å². The molecule has 0 atom stereocenters. The molecule has 1 aromatic heterocycles. The van der Waals surface area contributed by atoms with E-state index >= 15 is 0 Å². The maximum Gasteiger partial charge on any atom is 0.224 e. The second-order valence-electron chi connectivity index (χ2n) is 4.56. The Balaban J connectivity index is 2.83. The van der Waals surface area contributed by atoms with E-state index in [1.54, 1.807) is 14.2 Å². The molecule has 6 heteroatoms. The second-order valence-corrected chi connectivity index (χ2v) is 4.56. The van der Waals surface area contributed by atoms with E-state index in [4.69, 9.17) is 9.47 Å². The number of anilines is 2. The Morgan fingerprint density at radius 3 is 2.60 bits per heavy atom. The number of ether oxygens (including phenoxy) is 2. The molecule has 0 saturated carbocycles. The van der Waals surface area contributed by atoms with E-state index in [9.17, 15) is 0 Å². The molecular weight excluding hydrogens is 256 g/mol. The van der Waals surface area contributed by atoms with E-state index in [0.29, 0.717) is 12.6 Å². The van der Waals surface area contributed by atoms with Gasteiger partial charge in [-0.15, -0.1) is 0 Å². The summed E-state index contributed by atoms with van der Waals surface area (Å²) in [5.41, 5.74) is 1.07. The van der Waals surface area contributed by atoms with Crippen LogP contribution in [0.2, 0.25) is 0 Å². The zero-order valence-electron chi connectivity index (χ0n) is 13.0. The first-order valence-electron chi connectivity index (χ1n) is 7.03. The van der Waals surface area contributed by atoms with Crippen molar-refractivity contribution in [3.63, 3.8) is 0 Å². The number of hydrogen-bond acceptors (Lipinski definition) is 6. The van der Waals surface area contributed by atoms with Crippen LogP contribution in [-0.2, 0) is 9.47 Å². The first-order valence-corrected chi connectivity index (χ1v) is 7.03. The van der Waals surface area contributed by atoms with E-state index in [-0.39, 0.29) is 0 Å². The highest BCUT2D eigenvalue weighted by Crippen LogP contribution is 2.18. The quantitative estimate of drug-likeness (QED) is 0.659. The summed E-state index contributed by atoms with van der Waals surface area (Å²) < 4.78 is 10.3. The molecule has 0 radical (unpaired) electrons. The average molecular weight is 282 g/mol.